The van der Waals surface area contributed by atoms with Crippen LogP contribution in [0.15, 0.2) is 24.4 Å². The Morgan fingerprint density at radius 2 is 1.92 bits per heavy atom. The number of piperidine rings is 1. The summed E-state index contributed by atoms with van der Waals surface area (Å²) in [7, 11) is -5.51. The Bertz CT molecular complexity index is 1310. The highest BCUT2D eigenvalue weighted by atomic mass is 32.2. The number of sulfonamides is 2. The number of nitrogen functional groups attached to an aromatic ring is 1. The molecule has 0 radical (unpaired) electrons. The van der Waals surface area contributed by atoms with Crippen LogP contribution in [-0.4, -0.2) is 81.7 Å². The van der Waals surface area contributed by atoms with Crippen molar-refractivity contribution in [2.75, 3.05) is 49.8 Å². The van der Waals surface area contributed by atoms with E-state index in [1.807, 2.05) is 0 Å². The van der Waals surface area contributed by atoms with E-state index in [0.29, 0.717) is 12.8 Å². The molecule has 0 atom stereocenters. The minimum atomic E-state index is -3.51. The number of nitrogens with zero attached hydrogens (tertiary/aromatic N) is 3. The number of ketones is 1. The molecule has 0 aliphatic carbocycles. The molecular weight excluding hydrogens is 515 g/mol. The van der Waals surface area contributed by atoms with Crippen LogP contribution in [0.2, 0.25) is 0 Å². The first-order valence-corrected chi connectivity index (χ1v) is 14.6. The van der Waals surface area contributed by atoms with Crippen LogP contribution in [0.3, 0.4) is 0 Å². The Morgan fingerprint density at radius 1 is 1.22 bits per heavy atom. The molecule has 0 bridgehead atoms. The van der Waals surface area contributed by atoms with Crippen molar-refractivity contribution in [2.24, 2.45) is 0 Å². The summed E-state index contributed by atoms with van der Waals surface area (Å²) in [4.78, 5) is 21.1. The molecule has 3 rings (SSSR count). The number of aromatic nitrogens is 2. The predicted octanol–water partition coefficient (Wildman–Crippen LogP) is 0.583. The molecule has 0 saturated carbocycles. The number of carbonyl (C=O) groups is 1. The van der Waals surface area contributed by atoms with Crippen molar-refractivity contribution in [1.29, 1.82) is 0 Å². The largest absolute Gasteiger partial charge is 0.496 e. The number of rotatable bonds is 11. The molecule has 1 aliphatic rings. The fourth-order valence-corrected chi connectivity index (χ4v) is 5.79. The van der Waals surface area contributed by atoms with Gasteiger partial charge in [-0.05, 0) is 37.5 Å². The summed E-state index contributed by atoms with van der Waals surface area (Å²) >= 11 is 0. The lowest BCUT2D eigenvalue weighted by molar-refractivity contribution is 0.103. The molecule has 198 valence electrons. The average molecular weight is 545 g/mol. The van der Waals surface area contributed by atoms with E-state index in [1.165, 1.54) is 29.7 Å². The van der Waals surface area contributed by atoms with E-state index in [9.17, 15) is 26.0 Å². The van der Waals surface area contributed by atoms with Gasteiger partial charge in [0.05, 0.1) is 30.2 Å². The highest BCUT2D eigenvalue weighted by molar-refractivity contribution is 7.89. The zero-order valence-corrected chi connectivity index (χ0v) is 21.5. The predicted molar refractivity (Wildman–Crippen MR) is 132 cm³/mol. The van der Waals surface area contributed by atoms with Gasteiger partial charge in [-0.1, -0.05) is 0 Å². The summed E-state index contributed by atoms with van der Waals surface area (Å²) in [5, 5.41) is 3.10. The first-order valence-electron chi connectivity index (χ1n) is 11.1. The van der Waals surface area contributed by atoms with Crippen LogP contribution in [0.4, 0.5) is 16.2 Å². The molecule has 12 nitrogen and oxygen atoms in total. The normalized spacial score (nSPS) is 15.5. The van der Waals surface area contributed by atoms with Crippen molar-refractivity contribution in [3.63, 3.8) is 0 Å². The Kier molecular flexibility index (Phi) is 8.81. The highest BCUT2D eigenvalue weighted by Gasteiger charge is 2.28. The number of benzene rings is 1. The summed E-state index contributed by atoms with van der Waals surface area (Å²) < 4.78 is 69.7. The summed E-state index contributed by atoms with van der Waals surface area (Å²) in [6.45, 7) is 0.620. The Morgan fingerprint density at radius 3 is 2.53 bits per heavy atom. The number of carbonyl (C=O) groups excluding carboxylic acids is 1. The van der Waals surface area contributed by atoms with Crippen LogP contribution >= 0.6 is 0 Å². The Hall–Kier alpha value is -2.88. The van der Waals surface area contributed by atoms with E-state index in [2.05, 4.69) is 20.0 Å². The van der Waals surface area contributed by atoms with Crippen molar-refractivity contribution >= 4 is 37.6 Å². The second-order valence-electron chi connectivity index (χ2n) is 8.32. The number of ether oxygens (including phenoxy) is 1. The molecule has 1 aromatic heterocycles. The van der Waals surface area contributed by atoms with Gasteiger partial charge in [0.25, 0.3) is 0 Å². The third-order valence-electron chi connectivity index (χ3n) is 5.59. The van der Waals surface area contributed by atoms with Gasteiger partial charge in [0.2, 0.25) is 31.8 Å². The maximum atomic E-state index is 13.7. The number of hydrogen-bond donors (Lipinski definition) is 3. The van der Waals surface area contributed by atoms with Gasteiger partial charge in [-0.15, -0.1) is 0 Å². The van der Waals surface area contributed by atoms with E-state index in [4.69, 9.17) is 10.5 Å². The van der Waals surface area contributed by atoms with Crippen LogP contribution in [0.5, 0.6) is 5.75 Å². The molecule has 0 unspecified atom stereocenters. The fraction of sp³-hybridized carbons (Fsp3) is 0.476. The average Bonchev–Trinajstić information content (AvgIpc) is 2.81. The molecule has 2 heterocycles. The minimum absolute atomic E-state index is 0.00396. The van der Waals surface area contributed by atoms with Crippen molar-refractivity contribution in [3.05, 3.63) is 41.3 Å². The summed E-state index contributed by atoms with van der Waals surface area (Å²) in [6, 6.07) is 3.45. The number of nitrogens with two attached hydrogens (primary N) is 1. The van der Waals surface area contributed by atoms with Crippen molar-refractivity contribution in [1.82, 2.24) is 19.0 Å². The van der Waals surface area contributed by atoms with Crippen molar-refractivity contribution < 1.29 is 30.8 Å². The lowest BCUT2D eigenvalue weighted by atomic mass is 10.0. The molecule has 4 N–H and O–H groups in total. The highest BCUT2D eigenvalue weighted by Crippen LogP contribution is 2.25. The topological polar surface area (TPSA) is 174 Å². The van der Waals surface area contributed by atoms with E-state index in [1.54, 1.807) is 0 Å². The van der Waals surface area contributed by atoms with E-state index in [-0.39, 0.29) is 66.5 Å². The van der Waals surface area contributed by atoms with Gasteiger partial charge in [0, 0.05) is 31.9 Å². The molecule has 2 aromatic rings. The molecule has 1 aliphatic heterocycles. The number of anilines is 2. The number of nitrogens with one attached hydrogen (secondary N) is 2. The molecule has 1 fully saturated rings. The second kappa shape index (κ2) is 11.5. The minimum Gasteiger partial charge on any atom is -0.496 e. The molecule has 1 saturated heterocycles. The van der Waals surface area contributed by atoms with Crippen LogP contribution in [-0.2, 0) is 20.0 Å². The quantitative estimate of drug-likeness (QED) is 0.268. The van der Waals surface area contributed by atoms with Gasteiger partial charge >= 0.3 is 0 Å². The monoisotopic (exact) mass is 544 g/mol. The number of methoxy groups -OCH3 is 1. The molecule has 1 aromatic carbocycles. The standard InChI is InChI=1S/C21H29FN6O6S2/c1-34-18-5-4-14(22)12-16(18)19(29)17-13-24-21(27-20(17)23)26-15-6-9-28(10-7-15)36(32,33)11-3-8-25-35(2,30)31/h4-5,12-13,15,25H,3,6-11H2,1-2H3,(H3,23,24,26,27). The zero-order valence-electron chi connectivity index (χ0n) is 19.9. The molecule has 15 heteroatoms. The van der Waals surface area contributed by atoms with E-state index in [0.717, 1.165) is 12.3 Å². The van der Waals surface area contributed by atoms with Crippen LogP contribution in [0.1, 0.15) is 35.2 Å². The van der Waals surface area contributed by atoms with Gasteiger partial charge in [0.1, 0.15) is 17.4 Å². The summed E-state index contributed by atoms with van der Waals surface area (Å²) in [5.74, 6) is -1.05. The SMILES string of the molecule is COc1ccc(F)cc1C(=O)c1cnc(NC2CCN(S(=O)(=O)CCCNS(C)(=O)=O)CC2)nc1N. The molecular formula is C21H29FN6O6S2. The maximum Gasteiger partial charge on any atom is 0.224 e. The van der Waals surface area contributed by atoms with Gasteiger partial charge in [-0.3, -0.25) is 4.79 Å². The van der Waals surface area contributed by atoms with Gasteiger partial charge in [0.15, 0.2) is 0 Å². The van der Waals surface area contributed by atoms with Crippen LogP contribution < -0.4 is 20.5 Å². The second-order valence-corrected chi connectivity index (χ2v) is 12.2. The number of hydrogen-bond acceptors (Lipinski definition) is 10. The molecule has 36 heavy (non-hydrogen) atoms. The maximum absolute atomic E-state index is 13.7. The molecule has 0 amide bonds. The van der Waals surface area contributed by atoms with E-state index >= 15 is 0 Å². The first-order chi connectivity index (χ1) is 16.9. The Labute approximate surface area is 209 Å². The third-order valence-corrected chi connectivity index (χ3v) is 8.28. The van der Waals surface area contributed by atoms with Crippen molar-refractivity contribution in [2.45, 2.75) is 25.3 Å². The summed E-state index contributed by atoms with van der Waals surface area (Å²) in [5.41, 5.74) is 5.97. The Balaban J connectivity index is 1.57. The molecule has 0 spiro atoms. The third kappa shape index (κ3) is 7.32. The van der Waals surface area contributed by atoms with Crippen molar-refractivity contribution in [3.8, 4) is 5.75 Å². The van der Waals surface area contributed by atoms with Crippen LogP contribution in [0.25, 0.3) is 0 Å². The summed E-state index contributed by atoms with van der Waals surface area (Å²) in [6.07, 6.45) is 3.43. The smallest absolute Gasteiger partial charge is 0.224 e. The lowest BCUT2D eigenvalue weighted by Crippen LogP contribution is -2.43. The van der Waals surface area contributed by atoms with Gasteiger partial charge in [-0.2, -0.15) is 4.98 Å². The van der Waals surface area contributed by atoms with E-state index < -0.39 is 31.6 Å². The van der Waals surface area contributed by atoms with Gasteiger partial charge in [-0.25, -0.2) is 35.2 Å². The lowest BCUT2D eigenvalue weighted by Gasteiger charge is -2.31. The zero-order chi connectivity index (χ0) is 26.5. The van der Waals surface area contributed by atoms with Gasteiger partial charge < -0.3 is 15.8 Å². The number of halogens is 1. The first kappa shape index (κ1) is 27.7. The van der Waals surface area contributed by atoms with Crippen LogP contribution in [0, 0.1) is 5.82 Å². The fourth-order valence-electron chi connectivity index (χ4n) is 3.74.